The molecule has 0 atom stereocenters. The van der Waals surface area contributed by atoms with E-state index in [2.05, 4.69) is 15.5 Å². The summed E-state index contributed by atoms with van der Waals surface area (Å²) in [6.07, 6.45) is 4.04. The summed E-state index contributed by atoms with van der Waals surface area (Å²) in [7, 11) is 0. The van der Waals surface area contributed by atoms with Gasteiger partial charge in [0.15, 0.2) is 0 Å². The predicted molar refractivity (Wildman–Crippen MR) is 62.1 cm³/mol. The largest absolute Gasteiger partial charge is 0.346 e. The number of hydrogen-bond acceptors (Lipinski definition) is 2. The van der Waals surface area contributed by atoms with E-state index in [0.29, 0.717) is 16.6 Å². The van der Waals surface area contributed by atoms with Crippen molar-refractivity contribution in [3.05, 3.63) is 28.6 Å². The lowest BCUT2D eigenvalue weighted by Gasteiger charge is -1.97. The van der Waals surface area contributed by atoms with Crippen LogP contribution in [0.1, 0.15) is 18.5 Å². The molecule has 0 saturated heterocycles. The highest BCUT2D eigenvalue weighted by atomic mass is 35.5. The summed E-state index contributed by atoms with van der Waals surface area (Å²) in [5, 5.41) is 4.63. The quantitative estimate of drug-likeness (QED) is 0.757. The van der Waals surface area contributed by atoms with Crippen LogP contribution in [-0.2, 0) is 4.79 Å². The first-order valence-corrected chi connectivity index (χ1v) is 5.56. The van der Waals surface area contributed by atoms with Crippen LogP contribution >= 0.6 is 11.6 Å². The summed E-state index contributed by atoms with van der Waals surface area (Å²) in [5.41, 5.74) is 4.87. The van der Waals surface area contributed by atoms with Gasteiger partial charge in [-0.25, -0.2) is 5.43 Å². The molecule has 2 aliphatic rings. The van der Waals surface area contributed by atoms with E-state index in [1.165, 1.54) is 0 Å². The Morgan fingerprint density at radius 2 is 2.25 bits per heavy atom. The summed E-state index contributed by atoms with van der Waals surface area (Å²) in [6, 6.07) is 3.60. The number of H-pyrrole nitrogens is 1. The van der Waals surface area contributed by atoms with Crippen LogP contribution in [0.15, 0.2) is 22.8 Å². The number of hydrogen-bond donors (Lipinski definition) is 2. The van der Waals surface area contributed by atoms with Crippen molar-refractivity contribution in [2.24, 2.45) is 11.0 Å². The number of nitrogens with zero attached hydrogens (tertiary/aromatic N) is 1. The van der Waals surface area contributed by atoms with Gasteiger partial charge in [-0.1, -0.05) is 11.6 Å². The lowest BCUT2D eigenvalue weighted by Crippen LogP contribution is -2.13. The predicted octanol–water partition coefficient (Wildman–Crippen LogP) is 1.95. The van der Waals surface area contributed by atoms with Crippen molar-refractivity contribution >= 4 is 29.3 Å². The van der Waals surface area contributed by atoms with Gasteiger partial charge in [0.2, 0.25) is 0 Å². The molecule has 16 heavy (non-hydrogen) atoms. The summed E-state index contributed by atoms with van der Waals surface area (Å²) in [5.74, 6) is 0.322. The van der Waals surface area contributed by atoms with Gasteiger partial charge in [-0.3, -0.25) is 4.79 Å². The SMILES string of the molecule is O=C1NN=C(C2CC2)/C1=C/c1ccc(Cl)[nH]1. The standard InChI is InChI=1S/C11H10ClN3O/c12-9-4-3-7(13-9)5-8-10(6-1-2-6)14-15-11(8)16/h3-6,13H,1-2H2,(H,15,16)/b8-5-. The Morgan fingerprint density at radius 1 is 1.44 bits per heavy atom. The van der Waals surface area contributed by atoms with Crippen LogP contribution in [0.5, 0.6) is 0 Å². The minimum atomic E-state index is -0.132. The number of aromatic nitrogens is 1. The van der Waals surface area contributed by atoms with E-state index in [1.54, 1.807) is 12.1 Å². The number of carbonyl (C=O) groups excluding carboxylic acids is 1. The van der Waals surface area contributed by atoms with Crippen LogP contribution in [0.4, 0.5) is 0 Å². The average molecular weight is 236 g/mol. The van der Waals surface area contributed by atoms with E-state index in [1.807, 2.05) is 6.07 Å². The molecule has 5 heteroatoms. The Labute approximate surface area is 97.4 Å². The summed E-state index contributed by atoms with van der Waals surface area (Å²) < 4.78 is 0. The lowest BCUT2D eigenvalue weighted by molar-refractivity contribution is -0.116. The third kappa shape index (κ3) is 1.65. The molecular weight excluding hydrogens is 226 g/mol. The maximum Gasteiger partial charge on any atom is 0.273 e. The molecule has 1 aromatic heterocycles. The maximum absolute atomic E-state index is 11.6. The van der Waals surface area contributed by atoms with Crippen LogP contribution < -0.4 is 5.43 Å². The van der Waals surface area contributed by atoms with Crippen LogP contribution in [0.2, 0.25) is 5.15 Å². The van der Waals surface area contributed by atoms with Gasteiger partial charge in [-0.05, 0) is 31.1 Å². The molecule has 0 aromatic carbocycles. The molecule has 1 fully saturated rings. The highest BCUT2D eigenvalue weighted by Crippen LogP contribution is 2.35. The van der Waals surface area contributed by atoms with E-state index in [4.69, 9.17) is 11.6 Å². The smallest absolute Gasteiger partial charge is 0.273 e. The van der Waals surface area contributed by atoms with Crippen molar-refractivity contribution in [2.45, 2.75) is 12.8 Å². The topological polar surface area (TPSA) is 57.2 Å². The van der Waals surface area contributed by atoms with E-state index < -0.39 is 0 Å². The number of rotatable bonds is 2. The second-order valence-electron chi connectivity index (χ2n) is 4.03. The molecule has 3 rings (SSSR count). The van der Waals surface area contributed by atoms with Crippen LogP contribution in [0.25, 0.3) is 6.08 Å². The molecule has 82 valence electrons. The Hall–Kier alpha value is -1.55. The van der Waals surface area contributed by atoms with Gasteiger partial charge in [0.05, 0.1) is 11.3 Å². The van der Waals surface area contributed by atoms with Gasteiger partial charge in [0.25, 0.3) is 5.91 Å². The monoisotopic (exact) mass is 235 g/mol. The first-order chi connectivity index (χ1) is 7.74. The Morgan fingerprint density at radius 3 is 2.88 bits per heavy atom. The van der Waals surface area contributed by atoms with Crippen molar-refractivity contribution in [3.8, 4) is 0 Å². The van der Waals surface area contributed by atoms with Crippen LogP contribution in [0.3, 0.4) is 0 Å². The van der Waals surface area contributed by atoms with E-state index >= 15 is 0 Å². The van der Waals surface area contributed by atoms with Gasteiger partial charge in [-0.2, -0.15) is 5.10 Å². The summed E-state index contributed by atoms with van der Waals surface area (Å²) in [6.45, 7) is 0. The molecule has 0 radical (unpaired) electrons. The molecule has 0 spiro atoms. The Kier molecular flexibility index (Phi) is 2.11. The first kappa shape index (κ1) is 9.66. The third-order valence-corrected chi connectivity index (χ3v) is 2.96. The van der Waals surface area contributed by atoms with Crippen molar-refractivity contribution in [1.29, 1.82) is 0 Å². The number of carbonyl (C=O) groups is 1. The molecule has 1 amide bonds. The van der Waals surface area contributed by atoms with E-state index in [-0.39, 0.29) is 5.91 Å². The van der Waals surface area contributed by atoms with Crippen LogP contribution in [0, 0.1) is 5.92 Å². The highest BCUT2D eigenvalue weighted by molar-refractivity contribution is 6.30. The number of amides is 1. The zero-order valence-electron chi connectivity index (χ0n) is 8.46. The van der Waals surface area contributed by atoms with Crippen molar-refractivity contribution in [3.63, 3.8) is 0 Å². The van der Waals surface area contributed by atoms with E-state index in [0.717, 1.165) is 24.2 Å². The average Bonchev–Trinajstić information content (AvgIpc) is 2.93. The normalized spacial score (nSPS) is 22.4. The molecule has 2 N–H and O–H groups in total. The zero-order valence-corrected chi connectivity index (χ0v) is 9.21. The van der Waals surface area contributed by atoms with Crippen LogP contribution in [-0.4, -0.2) is 16.6 Å². The van der Waals surface area contributed by atoms with Crippen molar-refractivity contribution in [2.75, 3.05) is 0 Å². The molecule has 4 nitrogen and oxygen atoms in total. The van der Waals surface area contributed by atoms with Crippen molar-refractivity contribution < 1.29 is 4.79 Å². The minimum Gasteiger partial charge on any atom is -0.346 e. The number of aromatic amines is 1. The lowest BCUT2D eigenvalue weighted by atomic mass is 10.1. The molecule has 1 aromatic rings. The van der Waals surface area contributed by atoms with Gasteiger partial charge in [0.1, 0.15) is 5.15 Å². The summed E-state index contributed by atoms with van der Waals surface area (Å²) >= 11 is 5.78. The van der Waals surface area contributed by atoms with Gasteiger partial charge < -0.3 is 4.98 Å². The van der Waals surface area contributed by atoms with E-state index in [9.17, 15) is 4.79 Å². The Balaban J connectivity index is 1.94. The van der Waals surface area contributed by atoms with Gasteiger partial charge in [0, 0.05) is 11.6 Å². The molecule has 0 bridgehead atoms. The molecule has 1 aliphatic heterocycles. The fraction of sp³-hybridized carbons (Fsp3) is 0.273. The molecule has 2 heterocycles. The van der Waals surface area contributed by atoms with Crippen molar-refractivity contribution in [1.82, 2.24) is 10.4 Å². The van der Waals surface area contributed by atoms with Gasteiger partial charge in [-0.15, -0.1) is 0 Å². The fourth-order valence-corrected chi connectivity index (χ4v) is 1.95. The second kappa shape index (κ2) is 3.49. The highest BCUT2D eigenvalue weighted by Gasteiger charge is 2.35. The Bertz CT molecular complexity index is 511. The fourth-order valence-electron chi connectivity index (χ4n) is 1.78. The number of nitrogens with one attached hydrogen (secondary N) is 2. The molecule has 1 saturated carbocycles. The van der Waals surface area contributed by atoms with Gasteiger partial charge >= 0.3 is 0 Å². The summed E-state index contributed by atoms with van der Waals surface area (Å²) in [4.78, 5) is 14.5. The number of halogens is 1. The maximum atomic E-state index is 11.6. The number of hydrazone groups is 1. The molecule has 0 unspecified atom stereocenters. The third-order valence-electron chi connectivity index (χ3n) is 2.74. The minimum absolute atomic E-state index is 0.132. The molecule has 1 aliphatic carbocycles. The first-order valence-electron chi connectivity index (χ1n) is 5.18. The molecular formula is C11H10ClN3O. The second-order valence-corrected chi connectivity index (χ2v) is 4.44. The zero-order chi connectivity index (χ0) is 11.1.